The lowest BCUT2D eigenvalue weighted by atomic mass is 10.1. The van der Waals surface area contributed by atoms with Crippen molar-refractivity contribution in [2.24, 2.45) is 0 Å². The Kier molecular flexibility index (Phi) is 4.81. The number of aliphatic hydroxyl groups excluding tert-OH is 1. The maximum Gasteiger partial charge on any atom is 0.269 e. The number of nitrogens with zero attached hydrogens (tertiary/aromatic N) is 3. The van der Waals surface area contributed by atoms with E-state index in [1.165, 1.54) is 12.1 Å². The zero-order chi connectivity index (χ0) is 16.5. The van der Waals surface area contributed by atoms with Gasteiger partial charge in [0.2, 0.25) is 0 Å². The van der Waals surface area contributed by atoms with Gasteiger partial charge in [0.15, 0.2) is 9.84 Å². The summed E-state index contributed by atoms with van der Waals surface area (Å²) < 4.78 is 23.3. The summed E-state index contributed by atoms with van der Waals surface area (Å²) in [5.74, 6) is -0.332. The van der Waals surface area contributed by atoms with Crippen molar-refractivity contribution in [2.75, 3.05) is 25.6 Å². The van der Waals surface area contributed by atoms with Crippen molar-refractivity contribution in [1.82, 2.24) is 10.0 Å². The summed E-state index contributed by atoms with van der Waals surface area (Å²) in [5, 5.41) is 24.1. The molecule has 0 amide bonds. The van der Waals surface area contributed by atoms with Gasteiger partial charge in [-0.15, -0.1) is 0 Å². The molecule has 1 aliphatic heterocycles. The van der Waals surface area contributed by atoms with Crippen LogP contribution in [-0.4, -0.2) is 66.2 Å². The number of non-ortho nitro benzene ring substituents is 1. The summed E-state index contributed by atoms with van der Waals surface area (Å²) in [6.07, 6.45) is -0.939. The van der Waals surface area contributed by atoms with Gasteiger partial charge in [0.05, 0.1) is 28.6 Å². The summed E-state index contributed by atoms with van der Waals surface area (Å²) in [6.45, 7) is 0.363. The van der Waals surface area contributed by atoms with Crippen LogP contribution in [0.5, 0.6) is 0 Å². The smallest absolute Gasteiger partial charge is 0.269 e. The minimum Gasteiger partial charge on any atom is -0.390 e. The van der Waals surface area contributed by atoms with Gasteiger partial charge in [-0.1, -0.05) is 12.1 Å². The maximum absolute atomic E-state index is 11.7. The van der Waals surface area contributed by atoms with Crippen LogP contribution in [0.3, 0.4) is 0 Å². The highest BCUT2D eigenvalue weighted by molar-refractivity contribution is 7.91. The predicted octanol–water partition coefficient (Wildman–Crippen LogP) is 0.0313. The highest BCUT2D eigenvalue weighted by Crippen LogP contribution is 2.22. The van der Waals surface area contributed by atoms with Crippen LogP contribution >= 0.6 is 0 Å². The second-order valence-electron chi connectivity index (χ2n) is 5.58. The molecular formula is C13H19N3O5S. The molecular weight excluding hydrogens is 310 g/mol. The molecule has 1 heterocycles. The fourth-order valence-electron chi connectivity index (χ4n) is 2.56. The van der Waals surface area contributed by atoms with Crippen LogP contribution in [0.2, 0.25) is 0 Å². The number of nitro benzene ring substituents is 1. The fourth-order valence-corrected chi connectivity index (χ4v) is 4.35. The van der Waals surface area contributed by atoms with Gasteiger partial charge in [0.1, 0.15) is 0 Å². The van der Waals surface area contributed by atoms with Crippen LogP contribution in [0.4, 0.5) is 5.69 Å². The SMILES string of the molecule is CN(C)N(Cc1ccc([N+](=O)[O-])cc1)[C@H]1CS(=O)(=O)C[C@@H]1O. The number of hydrogen-bond donors (Lipinski definition) is 1. The molecule has 0 saturated carbocycles. The van der Waals surface area contributed by atoms with Crippen molar-refractivity contribution in [3.63, 3.8) is 0 Å². The molecule has 1 saturated heterocycles. The summed E-state index contributed by atoms with van der Waals surface area (Å²) in [6, 6.07) is 5.56. The van der Waals surface area contributed by atoms with Crippen molar-refractivity contribution < 1.29 is 18.4 Å². The van der Waals surface area contributed by atoms with Crippen LogP contribution in [0.1, 0.15) is 5.56 Å². The van der Waals surface area contributed by atoms with Gasteiger partial charge < -0.3 is 5.11 Å². The lowest BCUT2D eigenvalue weighted by molar-refractivity contribution is -0.384. The Bertz CT molecular complexity index is 644. The zero-order valence-electron chi connectivity index (χ0n) is 12.4. The lowest BCUT2D eigenvalue weighted by Crippen LogP contribution is -2.49. The second-order valence-corrected chi connectivity index (χ2v) is 7.73. The van der Waals surface area contributed by atoms with Crippen molar-refractivity contribution in [2.45, 2.75) is 18.7 Å². The number of rotatable bonds is 5. The van der Waals surface area contributed by atoms with Crippen LogP contribution < -0.4 is 0 Å². The first-order chi connectivity index (χ1) is 10.2. The van der Waals surface area contributed by atoms with Crippen LogP contribution in [0.15, 0.2) is 24.3 Å². The molecule has 122 valence electrons. The number of aliphatic hydroxyl groups is 1. The third-order valence-electron chi connectivity index (χ3n) is 3.68. The van der Waals surface area contributed by atoms with Crippen LogP contribution in [0.25, 0.3) is 0 Å². The Balaban J connectivity index is 2.17. The van der Waals surface area contributed by atoms with Crippen molar-refractivity contribution in [3.05, 3.63) is 39.9 Å². The Morgan fingerprint density at radius 1 is 1.27 bits per heavy atom. The van der Waals surface area contributed by atoms with Gasteiger partial charge in [-0.2, -0.15) is 0 Å². The third kappa shape index (κ3) is 3.80. The largest absolute Gasteiger partial charge is 0.390 e. The van der Waals surface area contributed by atoms with E-state index >= 15 is 0 Å². The van der Waals surface area contributed by atoms with E-state index in [0.29, 0.717) is 6.54 Å². The molecule has 2 rings (SSSR count). The molecule has 2 atom stereocenters. The molecule has 1 N–H and O–H groups in total. The fraction of sp³-hybridized carbons (Fsp3) is 0.538. The van der Waals surface area contributed by atoms with Gasteiger partial charge in [0.25, 0.3) is 5.69 Å². The Morgan fingerprint density at radius 2 is 1.86 bits per heavy atom. The summed E-state index contributed by atoms with van der Waals surface area (Å²) in [5.41, 5.74) is 0.805. The second kappa shape index (κ2) is 6.29. The lowest BCUT2D eigenvalue weighted by Gasteiger charge is -2.35. The minimum atomic E-state index is -3.24. The molecule has 0 bridgehead atoms. The van der Waals surface area contributed by atoms with E-state index in [4.69, 9.17) is 0 Å². The van der Waals surface area contributed by atoms with E-state index in [-0.39, 0.29) is 17.2 Å². The maximum atomic E-state index is 11.7. The van der Waals surface area contributed by atoms with E-state index in [2.05, 4.69) is 0 Å². The molecule has 0 radical (unpaired) electrons. The number of hydrogen-bond acceptors (Lipinski definition) is 7. The highest BCUT2D eigenvalue weighted by atomic mass is 32.2. The summed E-state index contributed by atoms with van der Waals surface area (Å²) in [4.78, 5) is 10.2. The van der Waals surface area contributed by atoms with E-state index in [1.807, 2.05) is 0 Å². The van der Waals surface area contributed by atoms with Crippen LogP contribution in [0, 0.1) is 10.1 Å². The normalized spacial score (nSPS) is 24.0. The first-order valence-electron chi connectivity index (χ1n) is 6.75. The number of nitro groups is 1. The van der Waals surface area contributed by atoms with Gasteiger partial charge in [-0.25, -0.2) is 18.4 Å². The highest BCUT2D eigenvalue weighted by Gasteiger charge is 2.40. The number of hydrazine groups is 1. The Morgan fingerprint density at radius 3 is 2.27 bits per heavy atom. The molecule has 0 aliphatic carbocycles. The molecule has 1 aliphatic rings. The van der Waals surface area contributed by atoms with E-state index < -0.39 is 26.9 Å². The molecule has 1 fully saturated rings. The first-order valence-corrected chi connectivity index (χ1v) is 8.57. The van der Waals surface area contributed by atoms with Gasteiger partial charge in [0, 0.05) is 32.8 Å². The molecule has 1 aromatic rings. The molecule has 0 aromatic heterocycles. The van der Waals surface area contributed by atoms with Crippen molar-refractivity contribution in [3.8, 4) is 0 Å². The number of sulfone groups is 1. The monoisotopic (exact) mass is 329 g/mol. The van der Waals surface area contributed by atoms with Crippen LogP contribution in [-0.2, 0) is 16.4 Å². The Hall–Kier alpha value is -1.55. The Labute approximate surface area is 129 Å². The molecule has 1 aromatic carbocycles. The molecule has 8 nitrogen and oxygen atoms in total. The average Bonchev–Trinajstić information content (AvgIpc) is 2.69. The molecule has 0 spiro atoms. The van der Waals surface area contributed by atoms with Gasteiger partial charge >= 0.3 is 0 Å². The predicted molar refractivity (Wildman–Crippen MR) is 80.8 cm³/mol. The van der Waals surface area contributed by atoms with Crippen molar-refractivity contribution >= 4 is 15.5 Å². The molecule has 9 heteroatoms. The number of benzene rings is 1. The zero-order valence-corrected chi connectivity index (χ0v) is 13.2. The third-order valence-corrected chi connectivity index (χ3v) is 5.38. The minimum absolute atomic E-state index is 0.00336. The topological polar surface area (TPSA) is 104 Å². The summed E-state index contributed by atoms with van der Waals surface area (Å²) >= 11 is 0. The van der Waals surface area contributed by atoms with E-state index in [0.717, 1.165) is 5.56 Å². The average molecular weight is 329 g/mol. The summed E-state index contributed by atoms with van der Waals surface area (Å²) in [7, 11) is 0.293. The van der Waals surface area contributed by atoms with Gasteiger partial charge in [-0.3, -0.25) is 10.1 Å². The molecule has 0 unspecified atom stereocenters. The standard InChI is InChI=1S/C13H19N3O5S/c1-14(2)15(12-8-22(20,21)9-13(12)17)7-10-3-5-11(6-4-10)16(18)19/h3-6,12-13,17H,7-9H2,1-2H3/t12-,13-/m0/s1. The van der Waals surface area contributed by atoms with E-state index in [1.54, 1.807) is 36.2 Å². The van der Waals surface area contributed by atoms with E-state index in [9.17, 15) is 23.6 Å². The quantitative estimate of drug-likeness (QED) is 0.600. The first kappa shape index (κ1) is 16.8. The van der Waals surface area contributed by atoms with Crippen molar-refractivity contribution in [1.29, 1.82) is 0 Å². The van der Waals surface area contributed by atoms with Gasteiger partial charge in [-0.05, 0) is 5.56 Å². The molecule has 22 heavy (non-hydrogen) atoms.